The van der Waals surface area contributed by atoms with E-state index in [2.05, 4.69) is 42.0 Å². The lowest BCUT2D eigenvalue weighted by molar-refractivity contribution is -0.200. The number of aromatic amines is 6. The number of rotatable bonds is 21. The van der Waals surface area contributed by atoms with Crippen molar-refractivity contribution in [2.75, 3.05) is 67.8 Å². The molecule has 0 radical (unpaired) electrons. The number of aromatic nitrogens is 12. The second-order valence-corrected chi connectivity index (χ2v) is 34.9. The second kappa shape index (κ2) is 55.0. The molecule has 144 heavy (non-hydrogen) atoms. The number of nitrogens with two attached hydrogens (primary N) is 2. The van der Waals surface area contributed by atoms with Gasteiger partial charge in [0.2, 0.25) is 0 Å². The van der Waals surface area contributed by atoms with E-state index in [0.29, 0.717) is 12.1 Å². The molecule has 6 unspecified atom stereocenters. The van der Waals surface area contributed by atoms with Crippen molar-refractivity contribution in [3.05, 3.63) is 225 Å². The predicted molar refractivity (Wildman–Crippen MR) is 506 cm³/mol. The van der Waals surface area contributed by atoms with Gasteiger partial charge in [0.15, 0.2) is 54.7 Å². The van der Waals surface area contributed by atoms with Crippen molar-refractivity contribution in [1.82, 2.24) is 67.9 Å². The van der Waals surface area contributed by atoms with E-state index in [0.717, 1.165) is 36.2 Å². The van der Waals surface area contributed by atoms with E-state index in [1.165, 1.54) is 60.1 Å². The van der Waals surface area contributed by atoms with Crippen LogP contribution in [0.1, 0.15) is 148 Å². The summed E-state index contributed by atoms with van der Waals surface area (Å²) < 4.78 is 103. The van der Waals surface area contributed by atoms with E-state index in [4.69, 9.17) is 105 Å². The van der Waals surface area contributed by atoms with Crippen LogP contribution in [0.4, 0.5) is 0 Å². The number of halogens is 2. The minimum Gasteiger partial charge on any atom is -0.394 e. The highest BCUT2D eigenvalue weighted by molar-refractivity contribution is 7.85. The SMILES string of the molecule is C.C.C.C.CC1(C)OC2[C@@H](O1)[C@@H](CO)O[C@H]2n1cc(CCl)c(=O)[nH]c1=O.CC1(C)OC2[C@@H](O1)[C@@H](CO)O[C@H]2n1cc(CO)c(=O)[nH]c1=O.CN.CN.CNCc1cn([C@@H]2O[C@H](CO)[C@@H]3OC(C)(C)OC32)c(=O)[nH]c1=O.CNCc1cn([C@@H]2O[C@H](CO)[C@H](O)C2O)c(=O)[nH]c1=O.Cc1ccc(S(=O)(=O)O)cc1.O=c1[nH]c(=O)n([C@@H]2O[C@H](CO)[C@H](O)C2O)cc1CCl.O=c1[nH]c(=O)n([C@@H]2O[C@H](CO)[C@H](O)C2O)cc1CO. The van der Waals surface area contributed by atoms with E-state index in [1.807, 2.05) is 16.9 Å². The molecule has 16 rings (SSSR count). The molecule has 1 aromatic carbocycles. The van der Waals surface area contributed by atoms with Crippen LogP contribution in [0.15, 0.2) is 124 Å². The lowest BCUT2D eigenvalue weighted by Crippen LogP contribution is -2.39. The second-order valence-electron chi connectivity index (χ2n) is 33.0. The number of fused-ring (bicyclic) bond motifs is 3. The molecule has 27 N–H and O–H groups in total. The number of hydrogen-bond donors (Lipinski definition) is 25. The van der Waals surface area contributed by atoms with Crippen molar-refractivity contribution in [2.45, 2.75) is 286 Å². The van der Waals surface area contributed by atoms with Gasteiger partial charge in [0, 0.05) is 72.5 Å². The minimum absolute atomic E-state index is 0. The van der Waals surface area contributed by atoms with Gasteiger partial charge in [0.05, 0.1) is 80.6 Å². The fraction of sp³-hybridized carbons (Fsp3) is 0.643. The van der Waals surface area contributed by atoms with Gasteiger partial charge in [-0.25, -0.2) is 28.8 Å². The molecule has 9 saturated heterocycles. The number of aliphatic hydroxyl groups is 14. The third kappa shape index (κ3) is 29.6. The zero-order valence-electron chi connectivity index (χ0n) is 76.9. The Kier molecular flexibility index (Phi) is 48.5. The Bertz CT molecular complexity index is 5970. The van der Waals surface area contributed by atoms with E-state index in [9.17, 15) is 117 Å². The van der Waals surface area contributed by atoms with Crippen LogP contribution in [-0.2, 0) is 105 Å². The Hall–Kier alpha value is -9.41. The van der Waals surface area contributed by atoms with Crippen molar-refractivity contribution in [3.63, 3.8) is 0 Å². The summed E-state index contributed by atoms with van der Waals surface area (Å²) in [7, 11) is 2.32. The van der Waals surface area contributed by atoms with Crippen LogP contribution in [0.2, 0.25) is 0 Å². The lowest BCUT2D eigenvalue weighted by Gasteiger charge is -2.24. The first kappa shape index (κ1) is 127. The minimum atomic E-state index is -4.02. The maximum atomic E-state index is 12.2. The van der Waals surface area contributed by atoms with Gasteiger partial charge in [-0.05, 0) is 88.8 Å². The van der Waals surface area contributed by atoms with Crippen molar-refractivity contribution >= 4 is 33.3 Å². The summed E-state index contributed by atoms with van der Waals surface area (Å²) in [5.41, 5.74) is 3.11. The molecule has 0 saturated carbocycles. The molecule has 15 heterocycles. The number of H-pyrrole nitrogens is 6. The number of nitrogens with zero attached hydrogens (tertiary/aromatic N) is 6. The number of nitrogens with one attached hydrogen (secondary N) is 8. The van der Waals surface area contributed by atoms with Gasteiger partial charge in [0.25, 0.3) is 43.5 Å². The number of aliphatic hydroxyl groups excluding tert-OH is 14. The van der Waals surface area contributed by atoms with Crippen molar-refractivity contribution in [3.8, 4) is 0 Å². The largest absolute Gasteiger partial charge is 0.394 e. The first-order chi connectivity index (χ1) is 66.0. The molecule has 9 aliphatic heterocycles. The standard InChI is InChI=1S/C14H21N3O6.C13H17ClN2O6.C13H18N2O7.C11H17N3O6.C10H13ClN2O6.C10H14N2O7.C7H8O3S.2CH5N.4CH4/c1-14(2)22-9-8(6-18)21-12(10(9)23-14)17-5-7(4-15-3)11(19)16-13(17)20;1-13(2)21-8-7(5-17)20-11(9(8)22-13)16-4-6(3-14)10(18)15-12(16)19;1-13(2)21-8-7(5-17)20-11(9(8)22-13)15-3-6(4-16)10(18)14-12(15)19;1-12-2-5-3-14(11(19)13-9(5)18)10-8(17)7(16)6(4-15)20-10;11-1-4-2-13(10(18)12-8(4)17)9-7(16)6(15)5(3-14)19-9;13-2-4-1-12(10(18)11-8(4)17)9-7(16)6(15)5(3-14)19-9;1-6-2-4-7(5-3-6)11(8,9)10;2*1-2;;;;/h5,8-10,12,15,18H,4,6H2,1-3H3,(H,16,19,20);4,7-9,11,17H,3,5H2,1-2H3,(H,15,18,19);3,7-9,11,16-17H,4-5H2,1-2H3,(H,14,18,19);3,6-8,10,12,15-17H,2,4H2,1H3,(H,13,18,19);2,5-7,9,14-16H,1,3H2,(H,12,17,18);1,5-7,9,13-16H,2-3H2,(H,11,17,18);2-5H,1H3,(H,8,9,10);2*2H2,1H3;4*1H4/t8-,9+,10?,12-;2*7-,8+,9?,11-;6-,7+,8?,10-;2*5-,6+,7?,9-;;;;;;;/m111111......./s1. The topological polar surface area (TPSA) is 854 Å². The Labute approximate surface area is 829 Å². The molecule has 7 aromatic rings. The number of benzene rings is 1. The molecular formula is C84H134Cl2N16O41S. The summed E-state index contributed by atoms with van der Waals surface area (Å²) in [6.07, 6.45) is -14.9. The van der Waals surface area contributed by atoms with Crippen LogP contribution in [0, 0.1) is 6.92 Å². The Morgan fingerprint density at radius 2 is 0.535 bits per heavy atom. The molecular weight excluding hydrogens is 1990 g/mol. The van der Waals surface area contributed by atoms with Crippen LogP contribution in [0.5, 0.6) is 0 Å². The lowest BCUT2D eigenvalue weighted by atomic mass is 10.1. The number of aryl methyl sites for hydroxylation is 1. The van der Waals surface area contributed by atoms with Crippen LogP contribution < -0.4 is 89.6 Å². The van der Waals surface area contributed by atoms with Crippen LogP contribution in [0.3, 0.4) is 0 Å². The zero-order valence-corrected chi connectivity index (χ0v) is 79.3. The molecule has 0 bridgehead atoms. The fourth-order valence-electron chi connectivity index (χ4n) is 15.5. The molecule has 9 aliphatic rings. The Morgan fingerprint density at radius 3 is 0.743 bits per heavy atom. The highest BCUT2D eigenvalue weighted by Gasteiger charge is 2.59. The summed E-state index contributed by atoms with van der Waals surface area (Å²) in [5, 5.41) is 137. The average molecular weight is 2130 g/mol. The Morgan fingerprint density at radius 1 is 0.333 bits per heavy atom. The van der Waals surface area contributed by atoms with Gasteiger partial charge in [0.1, 0.15) is 110 Å². The molecule has 24 atom stereocenters. The monoisotopic (exact) mass is 2120 g/mol. The summed E-state index contributed by atoms with van der Waals surface area (Å²) in [4.78, 5) is 153. The van der Waals surface area contributed by atoms with E-state index >= 15 is 0 Å². The van der Waals surface area contributed by atoms with Crippen molar-refractivity contribution in [1.29, 1.82) is 0 Å². The smallest absolute Gasteiger partial charge is 0.330 e. The fourth-order valence-corrected chi connectivity index (χ4v) is 16.3. The van der Waals surface area contributed by atoms with E-state index in [-0.39, 0.29) is 101 Å². The van der Waals surface area contributed by atoms with Gasteiger partial charge in [-0.15, -0.1) is 23.2 Å². The van der Waals surface area contributed by atoms with Crippen molar-refractivity contribution in [2.24, 2.45) is 11.5 Å². The number of alkyl halides is 2. The van der Waals surface area contributed by atoms with Gasteiger partial charge < -0.3 is 150 Å². The summed E-state index contributed by atoms with van der Waals surface area (Å²) in [6, 6.07) is 5.99. The van der Waals surface area contributed by atoms with Gasteiger partial charge in [-0.2, -0.15) is 8.42 Å². The normalized spacial score (nSPS) is 28.5. The molecule has 6 aromatic heterocycles. The molecule has 816 valence electrons. The predicted octanol–water partition coefficient (Wildman–Crippen LogP) is -8.88. The van der Waals surface area contributed by atoms with Gasteiger partial charge >= 0.3 is 34.1 Å². The molecule has 60 heteroatoms. The number of hydrogen-bond acceptors (Lipinski definition) is 44. The van der Waals surface area contributed by atoms with Crippen molar-refractivity contribution < 1.29 is 141 Å². The first-order valence-corrected chi connectivity index (χ1v) is 45.2. The highest BCUT2D eigenvalue weighted by atomic mass is 35.5. The third-order valence-corrected chi connectivity index (χ3v) is 23.5. The Balaban J connectivity index is 0.000000349. The van der Waals surface area contributed by atoms with E-state index < -0.39 is 275 Å². The molecule has 9 fully saturated rings. The zero-order chi connectivity index (χ0) is 105. The maximum absolute atomic E-state index is 12.2. The third-order valence-electron chi connectivity index (χ3n) is 22.0. The average Bonchev–Trinajstić information content (AvgIpc) is 1.60. The molecule has 0 aliphatic carbocycles. The summed E-state index contributed by atoms with van der Waals surface area (Å²) >= 11 is 11.3. The van der Waals surface area contributed by atoms with Gasteiger partial charge in [-0.3, -0.25) is 90.6 Å². The summed E-state index contributed by atoms with van der Waals surface area (Å²) in [5.74, 6) is -2.69. The van der Waals surface area contributed by atoms with Crippen LogP contribution >= 0.6 is 23.2 Å². The van der Waals surface area contributed by atoms with Crippen LogP contribution in [-0.4, -0.2) is 337 Å². The molecule has 57 nitrogen and oxygen atoms in total. The number of ether oxygens (including phenoxy) is 12. The highest BCUT2D eigenvalue weighted by Crippen LogP contribution is 2.46. The molecule has 0 spiro atoms. The van der Waals surface area contributed by atoms with Crippen LogP contribution in [0.25, 0.3) is 0 Å². The van der Waals surface area contributed by atoms with E-state index in [1.54, 1.807) is 67.8 Å². The quantitative estimate of drug-likeness (QED) is 0.0235. The summed E-state index contributed by atoms with van der Waals surface area (Å²) in [6.45, 7) is 9.42. The first-order valence-electron chi connectivity index (χ1n) is 42.7. The maximum Gasteiger partial charge on any atom is 0.330 e. The van der Waals surface area contributed by atoms with Gasteiger partial charge in [-0.1, -0.05) is 47.4 Å². The molecule has 0 amide bonds.